The third kappa shape index (κ3) is 4.04. The van der Waals surface area contributed by atoms with Crippen molar-refractivity contribution in [2.24, 2.45) is 0 Å². The van der Waals surface area contributed by atoms with E-state index in [4.69, 9.17) is 0 Å². The zero-order chi connectivity index (χ0) is 32.7. The highest BCUT2D eigenvalue weighted by molar-refractivity contribution is 6.06. The van der Waals surface area contributed by atoms with Crippen molar-refractivity contribution in [2.45, 2.75) is 19.3 Å². The average Bonchev–Trinajstić information content (AvgIpc) is 3.15. The maximum Gasteiger partial charge on any atom is 0.0744 e. The first-order valence-electron chi connectivity index (χ1n) is 17.0. The van der Waals surface area contributed by atoms with Crippen LogP contribution in [0.3, 0.4) is 0 Å². The molecule has 1 N–H and O–H groups in total. The third-order valence-electron chi connectivity index (χ3n) is 10.5. The Labute approximate surface area is 287 Å². The summed E-state index contributed by atoms with van der Waals surface area (Å²) in [7, 11) is 0. The number of nitrogens with zero attached hydrogens (tertiary/aromatic N) is 3. The Morgan fingerprint density at radius 1 is 0.388 bits per heavy atom. The molecule has 0 unspecified atom stereocenters. The van der Waals surface area contributed by atoms with Gasteiger partial charge in [-0.2, -0.15) is 0 Å². The first kappa shape index (κ1) is 27.8. The monoisotopic (exact) mass is 630 g/mol. The van der Waals surface area contributed by atoms with Crippen molar-refractivity contribution in [3.63, 3.8) is 0 Å². The Hall–Kier alpha value is -6.26. The summed E-state index contributed by atoms with van der Waals surface area (Å²) in [6, 6.07) is 59.5. The van der Waals surface area contributed by atoms with Crippen molar-refractivity contribution in [3.8, 4) is 11.1 Å². The third-order valence-corrected chi connectivity index (χ3v) is 10.5. The van der Waals surface area contributed by atoms with E-state index in [1.165, 1.54) is 45.0 Å². The summed E-state index contributed by atoms with van der Waals surface area (Å²) in [5, 5.41) is 3.62. The first-order valence-corrected chi connectivity index (χ1v) is 17.0. The molecule has 0 bridgehead atoms. The molecule has 0 saturated heterocycles. The van der Waals surface area contributed by atoms with E-state index in [0.717, 1.165) is 39.8 Å². The summed E-state index contributed by atoms with van der Waals surface area (Å²) in [6.45, 7) is 4.72. The van der Waals surface area contributed by atoms with Gasteiger partial charge in [0.25, 0.3) is 0 Å². The van der Waals surface area contributed by atoms with Crippen LogP contribution in [0.1, 0.15) is 25.0 Å². The molecular weight excluding hydrogens is 597 g/mol. The van der Waals surface area contributed by atoms with Crippen LogP contribution < -0.4 is 20.0 Å². The number of hydrogen-bond donors (Lipinski definition) is 1. The van der Waals surface area contributed by atoms with Gasteiger partial charge in [0.1, 0.15) is 0 Å². The highest BCUT2D eigenvalue weighted by atomic mass is 15.3. The lowest BCUT2D eigenvalue weighted by molar-refractivity contribution is 0.631. The SMILES string of the molecule is CC1(C)c2ccccc2N2c3cc(-c4ccccc4)ccc3N(c3ccc(N4c5ccccc5Nc5ccccc54)cc3)c3cccc1c32. The maximum absolute atomic E-state index is 3.62. The molecule has 234 valence electrons. The second kappa shape index (κ2) is 10.4. The van der Waals surface area contributed by atoms with E-state index in [2.05, 4.69) is 198 Å². The summed E-state index contributed by atoms with van der Waals surface area (Å²) < 4.78 is 0. The lowest BCUT2D eigenvalue weighted by Crippen LogP contribution is -2.34. The van der Waals surface area contributed by atoms with Gasteiger partial charge >= 0.3 is 0 Å². The zero-order valence-electron chi connectivity index (χ0n) is 27.4. The topological polar surface area (TPSA) is 21.8 Å². The molecule has 0 radical (unpaired) electrons. The van der Waals surface area contributed by atoms with Crippen LogP contribution in [0.15, 0.2) is 164 Å². The van der Waals surface area contributed by atoms with Gasteiger partial charge in [-0.3, -0.25) is 0 Å². The molecule has 0 aliphatic carbocycles. The van der Waals surface area contributed by atoms with E-state index in [1.54, 1.807) is 0 Å². The van der Waals surface area contributed by atoms with Crippen LogP contribution in [0.4, 0.5) is 62.6 Å². The smallest absolute Gasteiger partial charge is 0.0744 e. The number of para-hydroxylation sites is 6. The predicted molar refractivity (Wildman–Crippen MR) is 205 cm³/mol. The van der Waals surface area contributed by atoms with Crippen molar-refractivity contribution in [3.05, 3.63) is 175 Å². The Balaban J connectivity index is 1.17. The van der Waals surface area contributed by atoms with Gasteiger partial charge in [0, 0.05) is 16.8 Å². The molecule has 4 heteroatoms. The molecule has 0 spiro atoms. The Morgan fingerprint density at radius 2 is 0.939 bits per heavy atom. The molecule has 0 saturated carbocycles. The van der Waals surface area contributed by atoms with Crippen LogP contribution in [0, 0.1) is 0 Å². The van der Waals surface area contributed by atoms with E-state index in [9.17, 15) is 0 Å². The molecule has 49 heavy (non-hydrogen) atoms. The van der Waals surface area contributed by atoms with Crippen LogP contribution in [0.25, 0.3) is 11.1 Å². The van der Waals surface area contributed by atoms with Crippen molar-refractivity contribution < 1.29 is 0 Å². The molecule has 4 nitrogen and oxygen atoms in total. The molecule has 0 atom stereocenters. The minimum Gasteiger partial charge on any atom is -0.352 e. The largest absolute Gasteiger partial charge is 0.352 e. The normalized spacial score (nSPS) is 14.5. The van der Waals surface area contributed by atoms with Crippen molar-refractivity contribution in [1.82, 2.24) is 0 Å². The minimum absolute atomic E-state index is 0.161. The van der Waals surface area contributed by atoms with Crippen molar-refractivity contribution >= 4 is 62.6 Å². The molecular formula is C45H34N4. The number of benzene rings is 7. The van der Waals surface area contributed by atoms with Gasteiger partial charge in [-0.1, -0.05) is 105 Å². The summed E-state index contributed by atoms with van der Waals surface area (Å²) >= 11 is 0. The number of fused-ring (bicyclic) bond motifs is 6. The van der Waals surface area contributed by atoms with Gasteiger partial charge in [-0.15, -0.1) is 0 Å². The fourth-order valence-corrected chi connectivity index (χ4v) is 8.13. The maximum atomic E-state index is 3.62. The van der Waals surface area contributed by atoms with Crippen molar-refractivity contribution in [1.29, 1.82) is 0 Å². The fourth-order valence-electron chi connectivity index (χ4n) is 8.13. The number of hydrogen-bond acceptors (Lipinski definition) is 4. The summed E-state index contributed by atoms with van der Waals surface area (Å²) in [6.07, 6.45) is 0. The predicted octanol–water partition coefficient (Wildman–Crippen LogP) is 12.8. The number of nitrogens with one attached hydrogen (secondary N) is 1. The van der Waals surface area contributed by atoms with E-state index >= 15 is 0 Å². The summed E-state index contributed by atoms with van der Waals surface area (Å²) in [5.74, 6) is 0. The number of anilines is 11. The van der Waals surface area contributed by atoms with Crippen LogP contribution in [0.2, 0.25) is 0 Å². The molecule has 3 aliphatic rings. The van der Waals surface area contributed by atoms with Gasteiger partial charge in [0.05, 0.1) is 51.2 Å². The summed E-state index contributed by atoms with van der Waals surface area (Å²) in [4.78, 5) is 7.31. The van der Waals surface area contributed by atoms with Crippen LogP contribution in [-0.2, 0) is 5.41 Å². The Kier molecular flexibility index (Phi) is 5.89. The molecule has 3 aliphatic heterocycles. The second-order valence-electron chi connectivity index (χ2n) is 13.6. The van der Waals surface area contributed by atoms with Crippen LogP contribution >= 0.6 is 0 Å². The van der Waals surface area contributed by atoms with E-state index in [1.807, 2.05) is 0 Å². The van der Waals surface area contributed by atoms with Crippen molar-refractivity contribution in [2.75, 3.05) is 20.0 Å². The molecule has 7 aromatic rings. The van der Waals surface area contributed by atoms with Gasteiger partial charge < -0.3 is 20.0 Å². The Bertz CT molecular complexity index is 2370. The zero-order valence-corrected chi connectivity index (χ0v) is 27.4. The standard InChI is InChI=1S/C45H34N4/c1-45(2)34-15-6-9-19-38(34)49-43-29-31(30-13-4-3-5-14-30)23-28-41(43)48(42-22-12-16-35(45)44(42)49)33-26-24-32(25-27-33)47-39-20-10-7-17-36(39)46-37-18-8-11-21-40(37)47/h3-29,46H,1-2H3. The van der Waals surface area contributed by atoms with E-state index in [-0.39, 0.29) is 5.41 Å². The van der Waals surface area contributed by atoms with Crippen LogP contribution in [0.5, 0.6) is 0 Å². The van der Waals surface area contributed by atoms with Gasteiger partial charge in [-0.05, 0) is 95.1 Å². The molecule has 7 aromatic carbocycles. The second-order valence-corrected chi connectivity index (χ2v) is 13.6. The molecule has 0 aromatic heterocycles. The average molecular weight is 631 g/mol. The lowest BCUT2D eigenvalue weighted by Gasteiger charge is -2.48. The lowest BCUT2D eigenvalue weighted by atomic mass is 9.72. The van der Waals surface area contributed by atoms with Gasteiger partial charge in [-0.25, -0.2) is 0 Å². The Morgan fingerprint density at radius 3 is 1.63 bits per heavy atom. The highest BCUT2D eigenvalue weighted by Gasteiger charge is 2.42. The van der Waals surface area contributed by atoms with Gasteiger partial charge in [0.15, 0.2) is 0 Å². The number of rotatable bonds is 3. The minimum atomic E-state index is -0.161. The van der Waals surface area contributed by atoms with Gasteiger partial charge in [0.2, 0.25) is 0 Å². The van der Waals surface area contributed by atoms with Crippen LogP contribution in [-0.4, -0.2) is 0 Å². The molecule has 3 heterocycles. The summed E-state index contributed by atoms with van der Waals surface area (Å²) in [5.41, 5.74) is 17.6. The molecule has 0 fully saturated rings. The van der Waals surface area contributed by atoms with E-state index in [0.29, 0.717) is 0 Å². The molecule has 10 rings (SSSR count). The highest BCUT2D eigenvalue weighted by Crippen LogP contribution is 2.62. The molecule has 0 amide bonds. The fraction of sp³-hybridized carbons (Fsp3) is 0.0667. The van der Waals surface area contributed by atoms with E-state index < -0.39 is 0 Å². The first-order chi connectivity index (χ1) is 24.1. The quantitative estimate of drug-likeness (QED) is 0.210.